The van der Waals surface area contributed by atoms with Crippen LogP contribution in [0, 0.1) is 0 Å². The summed E-state index contributed by atoms with van der Waals surface area (Å²) in [5.41, 5.74) is 7.57. The standard InChI is InChI=1S/C11H18N2O/c1-11(2,3)9-6-5-8(7-12)10(13-9)14-4/h5-6H,7,12H2,1-4H3. The smallest absolute Gasteiger partial charge is 0.217 e. The van der Waals surface area contributed by atoms with Crippen molar-refractivity contribution < 1.29 is 4.74 Å². The second-order valence-electron chi connectivity index (χ2n) is 4.32. The van der Waals surface area contributed by atoms with Crippen LogP contribution in [0.3, 0.4) is 0 Å². The van der Waals surface area contributed by atoms with E-state index in [1.807, 2.05) is 12.1 Å². The number of hydrogen-bond acceptors (Lipinski definition) is 3. The fourth-order valence-corrected chi connectivity index (χ4v) is 1.22. The molecule has 3 nitrogen and oxygen atoms in total. The van der Waals surface area contributed by atoms with E-state index in [1.54, 1.807) is 7.11 Å². The highest BCUT2D eigenvalue weighted by Gasteiger charge is 2.17. The van der Waals surface area contributed by atoms with Gasteiger partial charge in [-0.15, -0.1) is 0 Å². The molecule has 1 aromatic heterocycles. The van der Waals surface area contributed by atoms with Gasteiger partial charge in [-0.3, -0.25) is 0 Å². The molecule has 1 heterocycles. The zero-order valence-electron chi connectivity index (χ0n) is 9.29. The molecular formula is C11H18N2O. The summed E-state index contributed by atoms with van der Waals surface area (Å²) in [6.07, 6.45) is 0. The van der Waals surface area contributed by atoms with Crippen molar-refractivity contribution in [2.45, 2.75) is 32.7 Å². The minimum Gasteiger partial charge on any atom is -0.481 e. The molecular weight excluding hydrogens is 176 g/mol. The summed E-state index contributed by atoms with van der Waals surface area (Å²) in [5, 5.41) is 0. The number of aromatic nitrogens is 1. The summed E-state index contributed by atoms with van der Waals surface area (Å²) in [4.78, 5) is 4.43. The quantitative estimate of drug-likeness (QED) is 0.781. The van der Waals surface area contributed by atoms with Crippen LogP contribution in [-0.4, -0.2) is 12.1 Å². The van der Waals surface area contributed by atoms with Crippen LogP contribution < -0.4 is 10.5 Å². The van der Waals surface area contributed by atoms with Crippen LogP contribution in [0.5, 0.6) is 5.88 Å². The van der Waals surface area contributed by atoms with Crippen molar-refractivity contribution in [3.8, 4) is 5.88 Å². The highest BCUT2D eigenvalue weighted by Crippen LogP contribution is 2.24. The van der Waals surface area contributed by atoms with E-state index in [9.17, 15) is 0 Å². The van der Waals surface area contributed by atoms with Gasteiger partial charge in [-0.1, -0.05) is 26.8 Å². The molecule has 0 amide bonds. The Morgan fingerprint density at radius 2 is 2.00 bits per heavy atom. The zero-order chi connectivity index (χ0) is 10.8. The van der Waals surface area contributed by atoms with Gasteiger partial charge in [0.15, 0.2) is 0 Å². The highest BCUT2D eigenvalue weighted by atomic mass is 16.5. The van der Waals surface area contributed by atoms with Crippen molar-refractivity contribution in [1.29, 1.82) is 0 Å². The predicted octanol–water partition coefficient (Wildman–Crippen LogP) is 1.85. The Labute approximate surface area is 85.3 Å². The summed E-state index contributed by atoms with van der Waals surface area (Å²) in [7, 11) is 1.62. The topological polar surface area (TPSA) is 48.1 Å². The fraction of sp³-hybridized carbons (Fsp3) is 0.545. The molecule has 3 heteroatoms. The fourth-order valence-electron chi connectivity index (χ4n) is 1.22. The third-order valence-corrected chi connectivity index (χ3v) is 2.12. The van der Waals surface area contributed by atoms with Crippen LogP contribution in [0.4, 0.5) is 0 Å². The lowest BCUT2D eigenvalue weighted by Gasteiger charge is -2.19. The lowest BCUT2D eigenvalue weighted by Crippen LogP contribution is -2.15. The van der Waals surface area contributed by atoms with Crippen molar-refractivity contribution >= 4 is 0 Å². The van der Waals surface area contributed by atoms with Gasteiger partial charge in [0, 0.05) is 23.2 Å². The summed E-state index contributed by atoms with van der Waals surface area (Å²) in [6, 6.07) is 3.98. The summed E-state index contributed by atoms with van der Waals surface area (Å²) in [5.74, 6) is 0.639. The van der Waals surface area contributed by atoms with Gasteiger partial charge in [0.1, 0.15) is 0 Å². The van der Waals surface area contributed by atoms with E-state index < -0.39 is 0 Å². The van der Waals surface area contributed by atoms with Crippen molar-refractivity contribution in [2.24, 2.45) is 5.73 Å². The van der Waals surface area contributed by atoms with E-state index in [0.29, 0.717) is 12.4 Å². The lowest BCUT2D eigenvalue weighted by molar-refractivity contribution is 0.386. The first-order valence-corrected chi connectivity index (χ1v) is 4.73. The van der Waals surface area contributed by atoms with E-state index >= 15 is 0 Å². The SMILES string of the molecule is COc1nc(C(C)(C)C)ccc1CN. The van der Waals surface area contributed by atoms with Crippen molar-refractivity contribution in [1.82, 2.24) is 4.98 Å². The van der Waals surface area contributed by atoms with Crippen LogP contribution in [0.1, 0.15) is 32.0 Å². The number of rotatable bonds is 2. The summed E-state index contributed by atoms with van der Waals surface area (Å²) < 4.78 is 5.18. The monoisotopic (exact) mass is 194 g/mol. The van der Waals surface area contributed by atoms with Gasteiger partial charge in [-0.05, 0) is 6.07 Å². The van der Waals surface area contributed by atoms with Gasteiger partial charge in [0.2, 0.25) is 5.88 Å². The molecule has 0 aliphatic rings. The first-order valence-electron chi connectivity index (χ1n) is 4.73. The molecule has 2 N–H and O–H groups in total. The molecule has 0 atom stereocenters. The van der Waals surface area contributed by atoms with E-state index in [0.717, 1.165) is 11.3 Å². The van der Waals surface area contributed by atoms with Crippen LogP contribution in [0.25, 0.3) is 0 Å². The molecule has 78 valence electrons. The normalized spacial score (nSPS) is 11.5. The Morgan fingerprint density at radius 1 is 1.36 bits per heavy atom. The average Bonchev–Trinajstić information content (AvgIpc) is 2.15. The zero-order valence-corrected chi connectivity index (χ0v) is 9.29. The van der Waals surface area contributed by atoms with Gasteiger partial charge in [0.25, 0.3) is 0 Å². The van der Waals surface area contributed by atoms with Crippen LogP contribution in [0.15, 0.2) is 12.1 Å². The molecule has 0 fully saturated rings. The summed E-state index contributed by atoms with van der Waals surface area (Å²) >= 11 is 0. The van der Waals surface area contributed by atoms with E-state index in [4.69, 9.17) is 10.5 Å². The third kappa shape index (κ3) is 2.23. The molecule has 0 spiro atoms. The number of ether oxygens (including phenoxy) is 1. The lowest BCUT2D eigenvalue weighted by atomic mass is 9.91. The maximum Gasteiger partial charge on any atom is 0.217 e. The largest absolute Gasteiger partial charge is 0.481 e. The molecule has 1 rings (SSSR count). The maximum atomic E-state index is 5.57. The Morgan fingerprint density at radius 3 is 2.43 bits per heavy atom. The minimum atomic E-state index is 0.0421. The van der Waals surface area contributed by atoms with Gasteiger partial charge in [-0.25, -0.2) is 4.98 Å². The molecule has 0 aliphatic carbocycles. The van der Waals surface area contributed by atoms with E-state index in [-0.39, 0.29) is 5.41 Å². The van der Waals surface area contributed by atoms with Gasteiger partial charge >= 0.3 is 0 Å². The second kappa shape index (κ2) is 3.96. The number of methoxy groups -OCH3 is 1. The number of hydrogen-bond donors (Lipinski definition) is 1. The molecule has 14 heavy (non-hydrogen) atoms. The van der Waals surface area contributed by atoms with Gasteiger partial charge in [-0.2, -0.15) is 0 Å². The van der Waals surface area contributed by atoms with Crippen molar-refractivity contribution in [3.63, 3.8) is 0 Å². The molecule has 0 unspecified atom stereocenters. The number of nitrogens with two attached hydrogens (primary N) is 1. The minimum absolute atomic E-state index is 0.0421. The maximum absolute atomic E-state index is 5.57. The van der Waals surface area contributed by atoms with Gasteiger partial charge in [0.05, 0.1) is 7.11 Å². The van der Waals surface area contributed by atoms with Crippen LogP contribution in [-0.2, 0) is 12.0 Å². The third-order valence-electron chi connectivity index (χ3n) is 2.12. The van der Waals surface area contributed by atoms with Crippen molar-refractivity contribution in [3.05, 3.63) is 23.4 Å². The Kier molecular flexibility index (Phi) is 3.11. The number of pyridine rings is 1. The molecule has 0 saturated heterocycles. The van der Waals surface area contributed by atoms with Crippen LogP contribution in [0.2, 0.25) is 0 Å². The second-order valence-corrected chi connectivity index (χ2v) is 4.32. The number of nitrogens with zero attached hydrogens (tertiary/aromatic N) is 1. The average molecular weight is 194 g/mol. The van der Waals surface area contributed by atoms with E-state index in [2.05, 4.69) is 25.8 Å². The molecule has 0 aliphatic heterocycles. The molecule has 0 bridgehead atoms. The van der Waals surface area contributed by atoms with E-state index in [1.165, 1.54) is 0 Å². The van der Waals surface area contributed by atoms with Gasteiger partial charge < -0.3 is 10.5 Å². The molecule has 0 radical (unpaired) electrons. The predicted molar refractivity (Wildman–Crippen MR) is 57.4 cm³/mol. The molecule has 0 saturated carbocycles. The van der Waals surface area contributed by atoms with Crippen LogP contribution >= 0.6 is 0 Å². The molecule has 1 aromatic rings. The Balaban J connectivity index is 3.14. The Hall–Kier alpha value is -1.09. The van der Waals surface area contributed by atoms with Crippen molar-refractivity contribution in [2.75, 3.05) is 7.11 Å². The highest BCUT2D eigenvalue weighted by molar-refractivity contribution is 5.30. The first-order chi connectivity index (χ1) is 6.49. The Bertz CT molecular complexity index is 316. The summed E-state index contributed by atoms with van der Waals surface area (Å²) in [6.45, 7) is 6.82. The molecule has 0 aromatic carbocycles. The first kappa shape index (κ1) is 11.0.